The molecule has 80 valence electrons. The molecule has 0 spiro atoms. The standard InChI is InChI=1S/C10H24N2O/c1-2-3-4-7-11-10-12-8-5-6-9-13/h11-13H,2-10H2,1H3. The van der Waals surface area contributed by atoms with Crippen molar-refractivity contribution in [1.82, 2.24) is 10.6 Å². The van der Waals surface area contributed by atoms with Crippen LogP contribution in [0.5, 0.6) is 0 Å². The largest absolute Gasteiger partial charge is 0.396 e. The van der Waals surface area contributed by atoms with Gasteiger partial charge in [-0.05, 0) is 32.4 Å². The van der Waals surface area contributed by atoms with Crippen molar-refractivity contribution in [2.75, 3.05) is 26.4 Å². The van der Waals surface area contributed by atoms with Crippen LogP contribution in [0.25, 0.3) is 0 Å². The molecule has 0 saturated heterocycles. The molecular weight excluding hydrogens is 164 g/mol. The Balaban J connectivity index is 2.76. The minimum Gasteiger partial charge on any atom is -0.396 e. The molecule has 0 aliphatic rings. The van der Waals surface area contributed by atoms with Gasteiger partial charge < -0.3 is 15.7 Å². The molecule has 0 aromatic rings. The van der Waals surface area contributed by atoms with Crippen LogP contribution < -0.4 is 10.6 Å². The lowest BCUT2D eigenvalue weighted by Crippen LogP contribution is -2.30. The summed E-state index contributed by atoms with van der Waals surface area (Å²) in [6.07, 6.45) is 5.84. The number of unbranched alkanes of at least 4 members (excludes halogenated alkanes) is 3. The topological polar surface area (TPSA) is 44.3 Å². The lowest BCUT2D eigenvalue weighted by molar-refractivity contribution is 0.283. The second-order valence-electron chi connectivity index (χ2n) is 3.31. The van der Waals surface area contributed by atoms with E-state index in [-0.39, 0.29) is 0 Å². The predicted octanol–water partition coefficient (Wildman–Crippen LogP) is 1.09. The Kier molecular flexibility index (Phi) is 11.8. The van der Waals surface area contributed by atoms with Crippen molar-refractivity contribution in [3.05, 3.63) is 0 Å². The Hall–Kier alpha value is -0.120. The van der Waals surface area contributed by atoms with Gasteiger partial charge in [0.2, 0.25) is 0 Å². The van der Waals surface area contributed by atoms with E-state index in [2.05, 4.69) is 17.6 Å². The molecule has 0 fully saturated rings. The second-order valence-corrected chi connectivity index (χ2v) is 3.31. The molecule has 0 aliphatic carbocycles. The van der Waals surface area contributed by atoms with Crippen molar-refractivity contribution in [2.45, 2.75) is 39.0 Å². The third-order valence-electron chi connectivity index (χ3n) is 1.97. The molecule has 0 heterocycles. The molecule has 0 amide bonds. The first kappa shape index (κ1) is 12.9. The number of nitrogens with one attached hydrogen (secondary N) is 2. The maximum Gasteiger partial charge on any atom is 0.0454 e. The van der Waals surface area contributed by atoms with Gasteiger partial charge in [0.15, 0.2) is 0 Å². The Morgan fingerprint density at radius 3 is 2.08 bits per heavy atom. The highest BCUT2D eigenvalue weighted by atomic mass is 16.2. The SMILES string of the molecule is CCCCCNCNCCCCO. The molecule has 0 aliphatic heterocycles. The smallest absolute Gasteiger partial charge is 0.0454 e. The average molecular weight is 188 g/mol. The van der Waals surface area contributed by atoms with E-state index in [1.165, 1.54) is 19.3 Å². The van der Waals surface area contributed by atoms with Crippen molar-refractivity contribution >= 4 is 0 Å². The molecule has 3 nitrogen and oxygen atoms in total. The Morgan fingerprint density at radius 1 is 0.923 bits per heavy atom. The first-order chi connectivity index (χ1) is 6.41. The van der Waals surface area contributed by atoms with Gasteiger partial charge in [0, 0.05) is 13.3 Å². The molecule has 0 saturated carbocycles. The highest BCUT2D eigenvalue weighted by molar-refractivity contribution is 4.48. The van der Waals surface area contributed by atoms with E-state index in [1.54, 1.807) is 0 Å². The van der Waals surface area contributed by atoms with Gasteiger partial charge in [0.05, 0.1) is 0 Å². The second kappa shape index (κ2) is 11.9. The number of hydrogen-bond donors (Lipinski definition) is 3. The normalized spacial score (nSPS) is 10.6. The fraction of sp³-hybridized carbons (Fsp3) is 1.00. The Bertz CT molecular complexity index is 79.0. The van der Waals surface area contributed by atoms with Crippen LogP contribution in [0.3, 0.4) is 0 Å². The minimum absolute atomic E-state index is 0.311. The molecule has 0 unspecified atom stereocenters. The van der Waals surface area contributed by atoms with Crippen molar-refractivity contribution in [2.24, 2.45) is 0 Å². The molecular formula is C10H24N2O. The van der Waals surface area contributed by atoms with Gasteiger partial charge in [-0.2, -0.15) is 0 Å². The van der Waals surface area contributed by atoms with Crippen LogP contribution in [-0.4, -0.2) is 31.5 Å². The van der Waals surface area contributed by atoms with Crippen LogP contribution in [0.2, 0.25) is 0 Å². The summed E-state index contributed by atoms with van der Waals surface area (Å²) in [5.41, 5.74) is 0. The molecule has 0 atom stereocenters. The van der Waals surface area contributed by atoms with Gasteiger partial charge >= 0.3 is 0 Å². The molecule has 0 rings (SSSR count). The van der Waals surface area contributed by atoms with Gasteiger partial charge in [-0.15, -0.1) is 0 Å². The summed E-state index contributed by atoms with van der Waals surface area (Å²) in [7, 11) is 0. The highest BCUT2D eigenvalue weighted by Crippen LogP contribution is 1.90. The Labute approximate surface area is 81.9 Å². The third kappa shape index (κ3) is 11.9. The van der Waals surface area contributed by atoms with Crippen LogP contribution in [0.1, 0.15) is 39.0 Å². The quantitative estimate of drug-likeness (QED) is 0.355. The van der Waals surface area contributed by atoms with E-state index < -0.39 is 0 Å². The minimum atomic E-state index is 0.311. The summed E-state index contributed by atoms with van der Waals surface area (Å²) >= 11 is 0. The predicted molar refractivity (Wildman–Crippen MR) is 56.7 cm³/mol. The summed E-state index contributed by atoms with van der Waals surface area (Å²) in [6, 6.07) is 0. The zero-order valence-corrected chi connectivity index (χ0v) is 8.81. The van der Waals surface area contributed by atoms with E-state index in [0.717, 1.165) is 32.6 Å². The van der Waals surface area contributed by atoms with Crippen molar-refractivity contribution in [3.63, 3.8) is 0 Å². The van der Waals surface area contributed by atoms with Crippen LogP contribution in [0, 0.1) is 0 Å². The maximum atomic E-state index is 8.52. The number of aliphatic hydroxyl groups excluding tert-OH is 1. The average Bonchev–Trinajstić information content (AvgIpc) is 2.16. The van der Waals surface area contributed by atoms with E-state index in [1.807, 2.05) is 0 Å². The van der Waals surface area contributed by atoms with E-state index in [0.29, 0.717) is 6.61 Å². The van der Waals surface area contributed by atoms with Crippen LogP contribution in [0.15, 0.2) is 0 Å². The third-order valence-corrected chi connectivity index (χ3v) is 1.97. The Morgan fingerprint density at radius 2 is 1.54 bits per heavy atom. The molecule has 0 aromatic carbocycles. The van der Waals surface area contributed by atoms with E-state index in [9.17, 15) is 0 Å². The van der Waals surface area contributed by atoms with Crippen molar-refractivity contribution in [1.29, 1.82) is 0 Å². The first-order valence-electron chi connectivity index (χ1n) is 5.44. The summed E-state index contributed by atoms with van der Waals surface area (Å²) in [6.45, 7) is 5.54. The lowest BCUT2D eigenvalue weighted by Gasteiger charge is -2.05. The first-order valence-corrected chi connectivity index (χ1v) is 5.44. The van der Waals surface area contributed by atoms with Gasteiger partial charge in [-0.25, -0.2) is 0 Å². The van der Waals surface area contributed by atoms with Gasteiger partial charge in [0.1, 0.15) is 0 Å². The monoisotopic (exact) mass is 188 g/mol. The summed E-state index contributed by atoms with van der Waals surface area (Å²) < 4.78 is 0. The van der Waals surface area contributed by atoms with Gasteiger partial charge in [-0.3, -0.25) is 0 Å². The molecule has 13 heavy (non-hydrogen) atoms. The molecule has 0 bridgehead atoms. The van der Waals surface area contributed by atoms with Crippen LogP contribution in [0.4, 0.5) is 0 Å². The maximum absolute atomic E-state index is 8.52. The molecule has 3 heteroatoms. The summed E-state index contributed by atoms with van der Waals surface area (Å²) in [4.78, 5) is 0. The number of rotatable bonds is 10. The zero-order valence-electron chi connectivity index (χ0n) is 8.81. The number of aliphatic hydroxyl groups is 1. The summed E-state index contributed by atoms with van der Waals surface area (Å²) in [5, 5.41) is 15.1. The zero-order chi connectivity index (χ0) is 9.78. The van der Waals surface area contributed by atoms with Crippen molar-refractivity contribution < 1.29 is 5.11 Å². The molecule has 3 N–H and O–H groups in total. The fourth-order valence-corrected chi connectivity index (χ4v) is 1.13. The van der Waals surface area contributed by atoms with E-state index >= 15 is 0 Å². The van der Waals surface area contributed by atoms with Crippen LogP contribution >= 0.6 is 0 Å². The molecule has 0 aromatic heterocycles. The van der Waals surface area contributed by atoms with Crippen LogP contribution in [-0.2, 0) is 0 Å². The fourth-order valence-electron chi connectivity index (χ4n) is 1.13. The van der Waals surface area contributed by atoms with Crippen molar-refractivity contribution in [3.8, 4) is 0 Å². The van der Waals surface area contributed by atoms with Gasteiger partial charge in [-0.1, -0.05) is 19.8 Å². The molecule has 0 radical (unpaired) electrons. The highest BCUT2D eigenvalue weighted by Gasteiger charge is 1.88. The van der Waals surface area contributed by atoms with E-state index in [4.69, 9.17) is 5.11 Å². The number of hydrogen-bond acceptors (Lipinski definition) is 3. The lowest BCUT2D eigenvalue weighted by atomic mass is 10.2. The van der Waals surface area contributed by atoms with Gasteiger partial charge in [0.25, 0.3) is 0 Å². The summed E-state index contributed by atoms with van der Waals surface area (Å²) in [5.74, 6) is 0.